The fourth-order valence-electron chi connectivity index (χ4n) is 0.591. The summed E-state index contributed by atoms with van der Waals surface area (Å²) in [6.07, 6.45) is 1.23. The number of carbonyl (C=O) groups is 2. The maximum absolute atomic E-state index is 11.0. The summed E-state index contributed by atoms with van der Waals surface area (Å²) >= 11 is 15.8. The van der Waals surface area contributed by atoms with Gasteiger partial charge in [0.05, 0.1) is 0 Å². The van der Waals surface area contributed by atoms with Crippen LogP contribution in [0.2, 0.25) is 0 Å². The lowest BCUT2D eigenvalue weighted by atomic mass is 10.3. The Morgan fingerprint density at radius 2 is 1.69 bits per heavy atom. The molecule has 1 amide bonds. The molecule has 0 aliphatic heterocycles. The second-order valence-electron chi connectivity index (χ2n) is 2.39. The van der Waals surface area contributed by atoms with Gasteiger partial charge in [-0.1, -0.05) is 34.8 Å². The van der Waals surface area contributed by atoms with E-state index in [1.165, 1.54) is 19.9 Å². The van der Waals surface area contributed by atoms with E-state index in [4.69, 9.17) is 34.8 Å². The van der Waals surface area contributed by atoms with E-state index in [-0.39, 0.29) is 5.78 Å². The highest BCUT2D eigenvalue weighted by Crippen LogP contribution is 2.26. The highest BCUT2D eigenvalue weighted by atomic mass is 35.6. The molecule has 0 fully saturated rings. The molecule has 0 aromatic rings. The monoisotopic (exact) mass is 243 g/mol. The van der Waals surface area contributed by atoms with Gasteiger partial charge in [-0.05, 0) is 19.9 Å². The maximum atomic E-state index is 11.0. The van der Waals surface area contributed by atoms with Gasteiger partial charge in [0.2, 0.25) is 0 Å². The Kier molecular flexibility index (Phi) is 4.75. The summed E-state index contributed by atoms with van der Waals surface area (Å²) < 4.78 is -2.01. The van der Waals surface area contributed by atoms with E-state index in [2.05, 4.69) is 5.32 Å². The minimum absolute atomic E-state index is 0.192. The van der Waals surface area contributed by atoms with Gasteiger partial charge in [-0.3, -0.25) is 9.59 Å². The SMILES string of the molecule is CC(=O)/C=C(/C)NC(=O)C(Cl)(Cl)Cl. The van der Waals surface area contributed by atoms with Gasteiger partial charge < -0.3 is 5.32 Å². The zero-order valence-corrected chi connectivity index (χ0v) is 9.30. The summed E-state index contributed by atoms with van der Waals surface area (Å²) in [7, 11) is 0. The van der Waals surface area contributed by atoms with E-state index < -0.39 is 9.70 Å². The van der Waals surface area contributed by atoms with Gasteiger partial charge in [-0.15, -0.1) is 0 Å². The van der Waals surface area contributed by atoms with Crippen molar-refractivity contribution in [3.05, 3.63) is 11.8 Å². The van der Waals surface area contributed by atoms with Gasteiger partial charge in [0.15, 0.2) is 5.78 Å². The number of rotatable bonds is 2. The number of hydrogen-bond donors (Lipinski definition) is 1. The van der Waals surface area contributed by atoms with Crippen LogP contribution < -0.4 is 5.32 Å². The van der Waals surface area contributed by atoms with Gasteiger partial charge in [-0.25, -0.2) is 0 Å². The second kappa shape index (κ2) is 4.84. The van der Waals surface area contributed by atoms with Crippen molar-refractivity contribution in [2.45, 2.75) is 17.6 Å². The predicted octanol–water partition coefficient (Wildman–Crippen LogP) is 1.97. The van der Waals surface area contributed by atoms with Crippen LogP contribution in [0.4, 0.5) is 0 Å². The van der Waals surface area contributed by atoms with Gasteiger partial charge in [0.25, 0.3) is 9.70 Å². The van der Waals surface area contributed by atoms with Crippen LogP contribution >= 0.6 is 34.8 Å². The zero-order chi connectivity index (χ0) is 10.6. The van der Waals surface area contributed by atoms with Crippen molar-refractivity contribution in [1.82, 2.24) is 5.32 Å². The molecule has 0 aliphatic rings. The topological polar surface area (TPSA) is 46.2 Å². The lowest BCUT2D eigenvalue weighted by molar-refractivity contribution is -0.119. The number of allylic oxidation sites excluding steroid dienone is 2. The van der Waals surface area contributed by atoms with Crippen molar-refractivity contribution in [3.63, 3.8) is 0 Å². The largest absolute Gasteiger partial charge is 0.326 e. The van der Waals surface area contributed by atoms with E-state index >= 15 is 0 Å². The minimum Gasteiger partial charge on any atom is -0.326 e. The molecule has 0 heterocycles. The van der Waals surface area contributed by atoms with Crippen LogP contribution in [0.1, 0.15) is 13.8 Å². The van der Waals surface area contributed by atoms with E-state index in [1.807, 2.05) is 0 Å². The van der Waals surface area contributed by atoms with Crippen LogP contribution in [0.15, 0.2) is 11.8 Å². The van der Waals surface area contributed by atoms with Gasteiger partial charge in [-0.2, -0.15) is 0 Å². The summed E-state index contributed by atoms with van der Waals surface area (Å²) in [6, 6.07) is 0. The fourth-order valence-corrected chi connectivity index (χ4v) is 0.733. The summed E-state index contributed by atoms with van der Waals surface area (Å²) in [6.45, 7) is 2.88. The first kappa shape index (κ1) is 12.8. The number of hydrogen-bond acceptors (Lipinski definition) is 2. The molecule has 0 saturated heterocycles. The highest BCUT2D eigenvalue weighted by molar-refractivity contribution is 6.76. The standard InChI is InChI=1S/C7H8Cl3NO2/c1-4(3-5(2)12)11-6(13)7(8,9)10/h3H,1-2H3,(H,11,13)/b4-3-. The Labute approximate surface area is 91.0 Å². The Bertz CT molecular complexity index is 255. The smallest absolute Gasteiger partial charge is 0.276 e. The Morgan fingerprint density at radius 1 is 1.23 bits per heavy atom. The normalized spacial score (nSPS) is 12.5. The van der Waals surface area contributed by atoms with Crippen molar-refractivity contribution < 1.29 is 9.59 Å². The molecule has 0 aromatic heterocycles. The fraction of sp³-hybridized carbons (Fsp3) is 0.429. The Balaban J connectivity index is 4.31. The average molecular weight is 245 g/mol. The molecule has 0 atom stereocenters. The Morgan fingerprint density at radius 3 is 2.00 bits per heavy atom. The first-order chi connectivity index (χ1) is 5.73. The van der Waals surface area contributed by atoms with Gasteiger partial charge in [0, 0.05) is 5.70 Å². The number of nitrogens with one attached hydrogen (secondary N) is 1. The maximum Gasteiger partial charge on any atom is 0.276 e. The number of amides is 1. The molecular formula is C7H8Cl3NO2. The first-order valence-corrected chi connectivity index (χ1v) is 4.44. The molecular weight excluding hydrogens is 236 g/mol. The van der Waals surface area contributed by atoms with Crippen molar-refractivity contribution in [2.75, 3.05) is 0 Å². The van der Waals surface area contributed by atoms with Gasteiger partial charge in [0.1, 0.15) is 0 Å². The summed E-state index contributed by atoms with van der Waals surface area (Å²) in [5.74, 6) is -0.977. The quantitative estimate of drug-likeness (QED) is 0.596. The number of alkyl halides is 3. The first-order valence-electron chi connectivity index (χ1n) is 3.30. The number of carbonyl (C=O) groups excluding carboxylic acids is 2. The third-order valence-corrected chi connectivity index (χ3v) is 1.50. The van der Waals surface area contributed by atoms with Crippen LogP contribution in [0.5, 0.6) is 0 Å². The molecule has 1 N–H and O–H groups in total. The lowest BCUT2D eigenvalue weighted by Crippen LogP contribution is -2.33. The predicted molar refractivity (Wildman–Crippen MR) is 52.9 cm³/mol. The minimum atomic E-state index is -2.01. The van der Waals surface area contributed by atoms with Crippen LogP contribution in [-0.4, -0.2) is 15.5 Å². The Hall–Kier alpha value is -0.250. The molecule has 74 valence electrons. The van der Waals surface area contributed by atoms with Gasteiger partial charge >= 0.3 is 0 Å². The summed E-state index contributed by atoms with van der Waals surface area (Å²) in [4.78, 5) is 21.6. The molecule has 0 saturated carbocycles. The van der Waals surface area contributed by atoms with E-state index in [0.717, 1.165) is 0 Å². The number of halogens is 3. The third-order valence-electron chi connectivity index (χ3n) is 0.988. The highest BCUT2D eigenvalue weighted by Gasteiger charge is 2.30. The molecule has 0 spiro atoms. The molecule has 6 heteroatoms. The molecule has 0 aromatic carbocycles. The van der Waals surface area contributed by atoms with Crippen LogP contribution in [0.25, 0.3) is 0 Å². The molecule has 0 aliphatic carbocycles. The number of ketones is 1. The molecule has 3 nitrogen and oxygen atoms in total. The van der Waals surface area contributed by atoms with E-state index in [1.54, 1.807) is 0 Å². The molecule has 0 bridgehead atoms. The lowest BCUT2D eigenvalue weighted by Gasteiger charge is -2.10. The van der Waals surface area contributed by atoms with Crippen LogP contribution in [0, 0.1) is 0 Å². The van der Waals surface area contributed by atoms with E-state index in [0.29, 0.717) is 5.70 Å². The molecule has 0 unspecified atom stereocenters. The second-order valence-corrected chi connectivity index (χ2v) is 4.67. The van der Waals surface area contributed by atoms with Crippen LogP contribution in [-0.2, 0) is 9.59 Å². The van der Waals surface area contributed by atoms with Crippen molar-refractivity contribution in [1.29, 1.82) is 0 Å². The summed E-state index contributed by atoms with van der Waals surface area (Å²) in [5.41, 5.74) is 0.337. The summed E-state index contributed by atoms with van der Waals surface area (Å²) in [5, 5.41) is 2.26. The van der Waals surface area contributed by atoms with Crippen LogP contribution in [0.3, 0.4) is 0 Å². The molecule has 0 radical (unpaired) electrons. The van der Waals surface area contributed by atoms with Crippen molar-refractivity contribution in [2.24, 2.45) is 0 Å². The van der Waals surface area contributed by atoms with E-state index in [9.17, 15) is 9.59 Å². The zero-order valence-electron chi connectivity index (χ0n) is 7.03. The van der Waals surface area contributed by atoms with Crippen molar-refractivity contribution in [3.8, 4) is 0 Å². The van der Waals surface area contributed by atoms with Crippen molar-refractivity contribution >= 4 is 46.5 Å². The molecule has 13 heavy (non-hydrogen) atoms. The average Bonchev–Trinajstić information content (AvgIpc) is 1.82. The molecule has 0 rings (SSSR count). The third kappa shape index (κ3) is 5.91.